The Morgan fingerprint density at radius 2 is 1.55 bits per heavy atom. The van der Waals surface area contributed by atoms with Crippen molar-refractivity contribution in [3.05, 3.63) is 119 Å². The Labute approximate surface area is 261 Å². The smallest absolute Gasteiger partial charge is 0.272 e. The lowest BCUT2D eigenvalue weighted by Crippen LogP contribution is -2.30. The van der Waals surface area contributed by atoms with E-state index in [4.69, 9.17) is 9.47 Å². The fourth-order valence-corrected chi connectivity index (χ4v) is 4.96. The Hall–Kier alpha value is -5.02. The molecule has 226 valence electrons. The standard InChI is InChI=1S/C35H35N3O5S/c1-23(2)24-13-15-27(16-14-24)36-33(39)22-44-30-12-8-11-28(21-30)37-35(41)31(38-34(40)25-9-6-5-7-10-25)20-26-19-29(42-3)17-18-32(26)43-4/h5-21,23H,22H2,1-4H3,(H,36,39)(H,37,41)(H,38,40)/b31-20+. The number of ether oxygens (including phenoxy) is 2. The average Bonchev–Trinajstić information content (AvgIpc) is 3.04. The zero-order valence-corrected chi connectivity index (χ0v) is 25.9. The van der Waals surface area contributed by atoms with Gasteiger partial charge in [-0.1, -0.05) is 50.2 Å². The molecule has 0 spiro atoms. The lowest BCUT2D eigenvalue weighted by molar-refractivity contribution is -0.114. The third-order valence-electron chi connectivity index (χ3n) is 6.59. The number of nitrogens with one attached hydrogen (secondary N) is 3. The minimum Gasteiger partial charge on any atom is -0.497 e. The molecule has 0 radical (unpaired) electrons. The second kappa shape index (κ2) is 15.5. The maximum Gasteiger partial charge on any atom is 0.272 e. The molecule has 4 aromatic carbocycles. The normalized spacial score (nSPS) is 11.1. The van der Waals surface area contributed by atoms with Crippen molar-refractivity contribution in [1.82, 2.24) is 5.32 Å². The van der Waals surface area contributed by atoms with Gasteiger partial charge in [0.05, 0.1) is 20.0 Å². The molecule has 0 aliphatic rings. The zero-order valence-electron chi connectivity index (χ0n) is 25.0. The third-order valence-corrected chi connectivity index (χ3v) is 7.58. The summed E-state index contributed by atoms with van der Waals surface area (Å²) < 4.78 is 10.8. The van der Waals surface area contributed by atoms with Crippen LogP contribution in [0.2, 0.25) is 0 Å². The number of hydrogen-bond donors (Lipinski definition) is 3. The van der Waals surface area contributed by atoms with Gasteiger partial charge in [-0.3, -0.25) is 14.4 Å². The molecule has 8 nitrogen and oxygen atoms in total. The molecule has 0 unspecified atom stereocenters. The molecular formula is C35H35N3O5S. The van der Waals surface area contributed by atoms with Gasteiger partial charge in [0.1, 0.15) is 17.2 Å². The molecule has 0 saturated heterocycles. The molecule has 0 aliphatic heterocycles. The van der Waals surface area contributed by atoms with Crippen molar-refractivity contribution in [3.8, 4) is 11.5 Å². The fourth-order valence-electron chi connectivity index (χ4n) is 4.21. The van der Waals surface area contributed by atoms with Crippen molar-refractivity contribution in [2.24, 2.45) is 0 Å². The highest BCUT2D eigenvalue weighted by molar-refractivity contribution is 8.00. The SMILES string of the molecule is COc1ccc(OC)c(/C=C(/NC(=O)c2ccccc2)C(=O)Nc2cccc(SCC(=O)Nc3ccc(C(C)C)cc3)c2)c1. The van der Waals surface area contributed by atoms with Crippen LogP contribution in [0.1, 0.15) is 41.3 Å². The molecule has 0 heterocycles. The van der Waals surface area contributed by atoms with Crippen molar-refractivity contribution in [1.29, 1.82) is 0 Å². The summed E-state index contributed by atoms with van der Waals surface area (Å²) in [7, 11) is 3.06. The molecule has 3 amide bonds. The number of amides is 3. The van der Waals surface area contributed by atoms with E-state index in [1.807, 2.05) is 30.3 Å². The summed E-state index contributed by atoms with van der Waals surface area (Å²) in [5, 5.41) is 8.51. The van der Waals surface area contributed by atoms with E-state index in [1.54, 1.807) is 73.8 Å². The van der Waals surface area contributed by atoms with Crippen LogP contribution in [0.25, 0.3) is 6.08 Å². The molecule has 4 aromatic rings. The first-order chi connectivity index (χ1) is 21.2. The van der Waals surface area contributed by atoms with Crippen LogP contribution in [0.3, 0.4) is 0 Å². The number of benzene rings is 4. The summed E-state index contributed by atoms with van der Waals surface area (Å²) >= 11 is 1.35. The third kappa shape index (κ3) is 8.99. The molecule has 9 heteroatoms. The van der Waals surface area contributed by atoms with Crippen molar-refractivity contribution in [2.45, 2.75) is 24.7 Å². The molecule has 4 rings (SSSR count). The number of carbonyl (C=O) groups excluding carboxylic acids is 3. The number of anilines is 2. The Kier molecular flexibility index (Phi) is 11.2. The van der Waals surface area contributed by atoms with Gasteiger partial charge in [0.25, 0.3) is 11.8 Å². The molecule has 0 atom stereocenters. The van der Waals surface area contributed by atoms with Crippen LogP contribution in [-0.4, -0.2) is 37.7 Å². The highest BCUT2D eigenvalue weighted by Gasteiger charge is 2.17. The van der Waals surface area contributed by atoms with Crippen molar-refractivity contribution in [2.75, 3.05) is 30.6 Å². The number of methoxy groups -OCH3 is 2. The first-order valence-corrected chi connectivity index (χ1v) is 15.0. The molecule has 3 N–H and O–H groups in total. The monoisotopic (exact) mass is 609 g/mol. The molecule has 44 heavy (non-hydrogen) atoms. The number of rotatable bonds is 12. The summed E-state index contributed by atoms with van der Waals surface area (Å²) in [4.78, 5) is 40.0. The lowest BCUT2D eigenvalue weighted by atomic mass is 10.0. The summed E-state index contributed by atoms with van der Waals surface area (Å²) in [5.41, 5.74) is 3.39. The minimum atomic E-state index is -0.538. The number of thioether (sulfide) groups is 1. The molecule has 0 fully saturated rings. The van der Waals surface area contributed by atoms with E-state index < -0.39 is 11.8 Å². The summed E-state index contributed by atoms with van der Waals surface area (Å²) in [6, 6.07) is 28.8. The van der Waals surface area contributed by atoms with Crippen LogP contribution >= 0.6 is 11.8 Å². The summed E-state index contributed by atoms with van der Waals surface area (Å²) in [5.74, 6) is 0.552. The van der Waals surface area contributed by atoms with Crippen LogP contribution in [-0.2, 0) is 9.59 Å². The number of carbonyl (C=O) groups is 3. The van der Waals surface area contributed by atoms with Crippen LogP contribution in [0.15, 0.2) is 108 Å². The first kappa shape index (κ1) is 31.9. The average molecular weight is 610 g/mol. The van der Waals surface area contributed by atoms with Crippen molar-refractivity contribution >= 4 is 46.9 Å². The van der Waals surface area contributed by atoms with Gasteiger partial charge in [0.2, 0.25) is 5.91 Å². The predicted molar refractivity (Wildman–Crippen MR) is 176 cm³/mol. The fraction of sp³-hybridized carbons (Fsp3) is 0.171. The van der Waals surface area contributed by atoms with Gasteiger partial charge in [0.15, 0.2) is 0 Å². The molecule has 0 bridgehead atoms. The van der Waals surface area contributed by atoms with Crippen LogP contribution < -0.4 is 25.4 Å². The van der Waals surface area contributed by atoms with Crippen LogP contribution in [0, 0.1) is 0 Å². The highest BCUT2D eigenvalue weighted by atomic mass is 32.2. The van der Waals surface area contributed by atoms with Gasteiger partial charge < -0.3 is 25.4 Å². The van der Waals surface area contributed by atoms with Gasteiger partial charge >= 0.3 is 0 Å². The molecular weight excluding hydrogens is 574 g/mol. The summed E-state index contributed by atoms with van der Waals surface area (Å²) in [6.07, 6.45) is 1.54. The quantitative estimate of drug-likeness (QED) is 0.118. The second-order valence-electron chi connectivity index (χ2n) is 10.1. The topological polar surface area (TPSA) is 106 Å². The molecule has 0 aliphatic carbocycles. The van der Waals surface area contributed by atoms with Crippen molar-refractivity contribution in [3.63, 3.8) is 0 Å². The Bertz CT molecular complexity index is 1640. The van der Waals surface area contributed by atoms with Gasteiger partial charge in [0, 0.05) is 27.4 Å². The van der Waals surface area contributed by atoms with E-state index in [9.17, 15) is 14.4 Å². The van der Waals surface area contributed by atoms with Gasteiger partial charge in [-0.25, -0.2) is 0 Å². The van der Waals surface area contributed by atoms with Crippen LogP contribution in [0.5, 0.6) is 11.5 Å². The molecule has 0 saturated carbocycles. The van der Waals surface area contributed by atoms with E-state index in [1.165, 1.54) is 30.5 Å². The Balaban J connectivity index is 1.48. The first-order valence-electron chi connectivity index (χ1n) is 14.0. The van der Waals surface area contributed by atoms with E-state index in [2.05, 4.69) is 29.8 Å². The number of hydrogen-bond acceptors (Lipinski definition) is 6. The van der Waals surface area contributed by atoms with Gasteiger partial charge in [-0.2, -0.15) is 0 Å². The Morgan fingerprint density at radius 1 is 0.795 bits per heavy atom. The lowest BCUT2D eigenvalue weighted by Gasteiger charge is -2.14. The minimum absolute atomic E-state index is 0.00586. The summed E-state index contributed by atoms with van der Waals surface area (Å²) in [6.45, 7) is 4.24. The van der Waals surface area contributed by atoms with Crippen molar-refractivity contribution < 1.29 is 23.9 Å². The Morgan fingerprint density at radius 3 is 2.23 bits per heavy atom. The van der Waals surface area contributed by atoms with E-state index in [-0.39, 0.29) is 17.4 Å². The van der Waals surface area contributed by atoms with E-state index in [0.29, 0.717) is 34.2 Å². The zero-order chi connectivity index (χ0) is 31.5. The van der Waals surface area contributed by atoms with E-state index in [0.717, 1.165) is 10.6 Å². The largest absolute Gasteiger partial charge is 0.497 e. The maximum absolute atomic E-state index is 13.5. The van der Waals surface area contributed by atoms with Crippen LogP contribution in [0.4, 0.5) is 11.4 Å². The van der Waals surface area contributed by atoms with Gasteiger partial charge in [-0.15, -0.1) is 11.8 Å². The van der Waals surface area contributed by atoms with E-state index >= 15 is 0 Å². The highest BCUT2D eigenvalue weighted by Crippen LogP contribution is 2.27. The predicted octanol–water partition coefficient (Wildman–Crippen LogP) is 6.97. The van der Waals surface area contributed by atoms with Gasteiger partial charge in [-0.05, 0) is 78.2 Å². The molecule has 0 aromatic heterocycles. The second-order valence-corrected chi connectivity index (χ2v) is 11.1. The maximum atomic E-state index is 13.5.